The average molecular weight is 201 g/mol. The summed E-state index contributed by atoms with van der Waals surface area (Å²) in [6.45, 7) is 9.16. The second-order valence-corrected chi connectivity index (χ2v) is 4.76. The van der Waals surface area contributed by atoms with Crippen LogP contribution in [-0.4, -0.2) is 35.6 Å². The van der Waals surface area contributed by atoms with E-state index in [0.717, 1.165) is 19.4 Å². The number of carboxylic acid groups (broad SMARTS) is 1. The van der Waals surface area contributed by atoms with Gasteiger partial charge in [-0.15, -0.1) is 0 Å². The fourth-order valence-corrected chi connectivity index (χ4v) is 1.04. The Balaban J connectivity index is 3.96. The van der Waals surface area contributed by atoms with Crippen molar-refractivity contribution in [3.63, 3.8) is 0 Å². The number of hydrogen-bond acceptors (Lipinski definition) is 2. The molecule has 1 unspecified atom stereocenters. The van der Waals surface area contributed by atoms with Crippen LogP contribution < -0.4 is 0 Å². The molecule has 0 aromatic rings. The van der Waals surface area contributed by atoms with Crippen molar-refractivity contribution in [2.24, 2.45) is 5.41 Å². The second kappa shape index (κ2) is 5.35. The molecule has 0 aromatic carbocycles. The summed E-state index contributed by atoms with van der Waals surface area (Å²) in [5.74, 6) is -0.748. The van der Waals surface area contributed by atoms with Crippen LogP contribution in [0.15, 0.2) is 0 Å². The van der Waals surface area contributed by atoms with E-state index in [1.807, 2.05) is 11.9 Å². The zero-order chi connectivity index (χ0) is 11.4. The highest BCUT2D eigenvalue weighted by molar-refractivity contribution is 5.72. The first-order chi connectivity index (χ1) is 6.30. The Kier molecular flexibility index (Phi) is 5.13. The molecular weight excluding hydrogens is 178 g/mol. The zero-order valence-electron chi connectivity index (χ0n) is 10.0. The number of hydrogen-bond donors (Lipinski definition) is 1. The van der Waals surface area contributed by atoms with Gasteiger partial charge in [-0.1, -0.05) is 27.2 Å². The van der Waals surface area contributed by atoms with Crippen molar-refractivity contribution in [1.29, 1.82) is 0 Å². The Hall–Kier alpha value is -0.570. The SMILES string of the molecule is CCC(C)(C)CCN(C)C(C)C(=O)O. The molecule has 0 saturated carbocycles. The minimum absolute atomic E-state index is 0.312. The first-order valence-corrected chi connectivity index (χ1v) is 5.23. The Morgan fingerprint density at radius 2 is 2.00 bits per heavy atom. The molecule has 0 bridgehead atoms. The fraction of sp³-hybridized carbons (Fsp3) is 0.909. The van der Waals surface area contributed by atoms with E-state index in [-0.39, 0.29) is 6.04 Å². The van der Waals surface area contributed by atoms with Crippen LogP contribution in [0.1, 0.15) is 40.5 Å². The highest BCUT2D eigenvalue weighted by Crippen LogP contribution is 2.24. The van der Waals surface area contributed by atoms with Crippen molar-refractivity contribution < 1.29 is 9.90 Å². The molecule has 0 aromatic heterocycles. The van der Waals surface area contributed by atoms with E-state index in [1.54, 1.807) is 6.92 Å². The monoisotopic (exact) mass is 201 g/mol. The molecule has 0 fully saturated rings. The number of rotatable bonds is 6. The minimum Gasteiger partial charge on any atom is -0.480 e. The molecule has 0 aliphatic rings. The maximum Gasteiger partial charge on any atom is 0.320 e. The lowest BCUT2D eigenvalue weighted by Crippen LogP contribution is -2.37. The van der Waals surface area contributed by atoms with Crippen LogP contribution in [0.2, 0.25) is 0 Å². The van der Waals surface area contributed by atoms with Gasteiger partial charge < -0.3 is 5.11 Å². The van der Waals surface area contributed by atoms with Crippen LogP contribution in [0.25, 0.3) is 0 Å². The summed E-state index contributed by atoms with van der Waals surface area (Å²) < 4.78 is 0. The van der Waals surface area contributed by atoms with E-state index >= 15 is 0 Å². The van der Waals surface area contributed by atoms with Gasteiger partial charge in [0.25, 0.3) is 0 Å². The molecule has 1 atom stereocenters. The molecule has 0 radical (unpaired) electrons. The smallest absolute Gasteiger partial charge is 0.320 e. The molecule has 3 nitrogen and oxygen atoms in total. The molecule has 0 aliphatic heterocycles. The number of carboxylic acids is 1. The maximum atomic E-state index is 10.7. The first kappa shape index (κ1) is 13.4. The molecule has 0 saturated heterocycles. The molecule has 84 valence electrons. The number of carbonyl (C=O) groups is 1. The highest BCUT2D eigenvalue weighted by atomic mass is 16.4. The van der Waals surface area contributed by atoms with Gasteiger partial charge in [-0.2, -0.15) is 0 Å². The molecule has 1 N–H and O–H groups in total. The topological polar surface area (TPSA) is 40.5 Å². The van der Waals surface area contributed by atoms with Crippen molar-refractivity contribution >= 4 is 5.97 Å². The number of likely N-dealkylation sites (N-methyl/N-ethyl adjacent to an activating group) is 1. The minimum atomic E-state index is -0.748. The van der Waals surface area contributed by atoms with Crippen LogP contribution in [0.5, 0.6) is 0 Å². The van der Waals surface area contributed by atoms with E-state index in [1.165, 1.54) is 0 Å². The van der Waals surface area contributed by atoms with Gasteiger partial charge in [0.2, 0.25) is 0 Å². The highest BCUT2D eigenvalue weighted by Gasteiger charge is 2.20. The van der Waals surface area contributed by atoms with Crippen molar-refractivity contribution in [3.05, 3.63) is 0 Å². The Labute approximate surface area is 87.1 Å². The molecule has 0 rings (SSSR count). The van der Waals surface area contributed by atoms with Gasteiger partial charge in [-0.3, -0.25) is 9.69 Å². The molecule has 0 amide bonds. The van der Waals surface area contributed by atoms with Gasteiger partial charge in [0.1, 0.15) is 6.04 Å². The van der Waals surface area contributed by atoms with Crippen molar-refractivity contribution in [2.45, 2.75) is 46.6 Å². The van der Waals surface area contributed by atoms with Gasteiger partial charge in [-0.25, -0.2) is 0 Å². The van der Waals surface area contributed by atoms with E-state index in [9.17, 15) is 4.79 Å². The summed E-state index contributed by atoms with van der Waals surface area (Å²) in [7, 11) is 1.87. The third-order valence-electron chi connectivity index (χ3n) is 3.12. The zero-order valence-corrected chi connectivity index (χ0v) is 10.0. The lowest BCUT2D eigenvalue weighted by Gasteiger charge is -2.28. The lowest BCUT2D eigenvalue weighted by molar-refractivity contribution is -0.142. The number of nitrogens with zero attached hydrogens (tertiary/aromatic N) is 1. The standard InChI is InChI=1S/C11H23NO2/c1-6-11(3,4)7-8-12(5)9(2)10(13)14/h9H,6-8H2,1-5H3,(H,13,14). The molecule has 0 aliphatic carbocycles. The number of aliphatic carboxylic acids is 1. The predicted molar refractivity (Wildman–Crippen MR) is 58.4 cm³/mol. The summed E-state index contributed by atoms with van der Waals surface area (Å²) >= 11 is 0. The van der Waals surface area contributed by atoms with Gasteiger partial charge in [0.15, 0.2) is 0 Å². The fourth-order valence-electron chi connectivity index (χ4n) is 1.04. The van der Waals surface area contributed by atoms with Gasteiger partial charge in [0.05, 0.1) is 0 Å². The van der Waals surface area contributed by atoms with Crippen molar-refractivity contribution in [1.82, 2.24) is 4.90 Å². The van der Waals surface area contributed by atoms with Gasteiger partial charge >= 0.3 is 5.97 Å². The molecule has 3 heteroatoms. The quantitative estimate of drug-likeness (QED) is 0.716. The van der Waals surface area contributed by atoms with Crippen LogP contribution in [0.3, 0.4) is 0 Å². The summed E-state index contributed by atoms with van der Waals surface area (Å²) in [5.41, 5.74) is 0.312. The first-order valence-electron chi connectivity index (χ1n) is 5.23. The van der Waals surface area contributed by atoms with E-state index < -0.39 is 5.97 Å². The molecule has 0 spiro atoms. The van der Waals surface area contributed by atoms with Crippen LogP contribution in [0, 0.1) is 5.41 Å². The van der Waals surface area contributed by atoms with Crippen molar-refractivity contribution in [3.8, 4) is 0 Å². The molecular formula is C11H23NO2. The third kappa shape index (κ3) is 4.61. The maximum absolute atomic E-state index is 10.7. The third-order valence-corrected chi connectivity index (χ3v) is 3.12. The van der Waals surface area contributed by atoms with Gasteiger partial charge in [0, 0.05) is 0 Å². The summed E-state index contributed by atoms with van der Waals surface area (Å²) in [6.07, 6.45) is 2.17. The van der Waals surface area contributed by atoms with E-state index in [0.29, 0.717) is 5.41 Å². The average Bonchev–Trinajstić information content (AvgIpc) is 2.13. The summed E-state index contributed by atoms with van der Waals surface area (Å²) in [6, 6.07) is -0.386. The largest absolute Gasteiger partial charge is 0.480 e. The van der Waals surface area contributed by atoms with E-state index in [4.69, 9.17) is 5.11 Å². The Morgan fingerprint density at radius 1 is 1.50 bits per heavy atom. The predicted octanol–water partition coefficient (Wildman–Crippen LogP) is 2.22. The van der Waals surface area contributed by atoms with E-state index in [2.05, 4.69) is 20.8 Å². The molecule has 0 heterocycles. The second-order valence-electron chi connectivity index (χ2n) is 4.76. The Bertz CT molecular complexity index is 190. The molecule has 14 heavy (non-hydrogen) atoms. The van der Waals surface area contributed by atoms with Crippen LogP contribution in [0.4, 0.5) is 0 Å². The lowest BCUT2D eigenvalue weighted by atomic mass is 9.86. The van der Waals surface area contributed by atoms with Crippen LogP contribution >= 0.6 is 0 Å². The Morgan fingerprint density at radius 3 is 2.36 bits per heavy atom. The van der Waals surface area contributed by atoms with Gasteiger partial charge in [-0.05, 0) is 32.4 Å². The summed E-state index contributed by atoms with van der Waals surface area (Å²) in [4.78, 5) is 12.6. The normalized spacial score (nSPS) is 14.4. The van der Waals surface area contributed by atoms with Crippen LogP contribution in [-0.2, 0) is 4.79 Å². The summed E-state index contributed by atoms with van der Waals surface area (Å²) in [5, 5.41) is 8.80. The van der Waals surface area contributed by atoms with Crippen molar-refractivity contribution in [2.75, 3.05) is 13.6 Å².